The molecule has 0 aliphatic rings. The van der Waals surface area contributed by atoms with Gasteiger partial charge in [0.15, 0.2) is 0 Å². The highest BCUT2D eigenvalue weighted by Gasteiger charge is 1.90. The van der Waals surface area contributed by atoms with E-state index in [1.165, 1.54) is 25.9 Å². The molecule has 0 bridgehead atoms. The van der Waals surface area contributed by atoms with E-state index in [9.17, 15) is 0 Å². The second kappa shape index (κ2) is 12.2. The van der Waals surface area contributed by atoms with Gasteiger partial charge in [-0.3, -0.25) is 0 Å². The molecule has 0 spiro atoms. The fourth-order valence-electron chi connectivity index (χ4n) is 0.875. The molecule has 0 radical (unpaired) electrons. The minimum atomic E-state index is 0. The predicted octanol–water partition coefficient (Wildman–Crippen LogP) is 2.58. The van der Waals surface area contributed by atoms with E-state index in [2.05, 4.69) is 25.8 Å². The van der Waals surface area contributed by atoms with Gasteiger partial charge in [0.05, 0.1) is 0 Å². The molecule has 0 aromatic carbocycles. The fraction of sp³-hybridized carbons (Fsp3) is 1.00. The van der Waals surface area contributed by atoms with Gasteiger partial charge in [0.25, 0.3) is 0 Å². The Hall–Kier alpha value is 0.540. The highest BCUT2D eigenvalue weighted by molar-refractivity contribution is 5.85. The van der Waals surface area contributed by atoms with Gasteiger partial charge < -0.3 is 4.90 Å². The summed E-state index contributed by atoms with van der Waals surface area (Å²) in [6.07, 6.45) is 2.55. The van der Waals surface area contributed by atoms with E-state index in [1.807, 2.05) is 0 Å². The predicted molar refractivity (Wildman–Crippen MR) is 52.6 cm³/mol. The molecule has 0 saturated heterocycles. The highest BCUT2D eigenvalue weighted by Crippen LogP contribution is 1.86. The van der Waals surface area contributed by atoms with Crippen molar-refractivity contribution in [3.05, 3.63) is 0 Å². The lowest BCUT2D eigenvalue weighted by Gasteiger charge is -2.12. The quantitative estimate of drug-likeness (QED) is 0.655. The molecule has 1 nitrogen and oxygen atoms in total. The molecule has 0 aromatic heterocycles. The van der Waals surface area contributed by atoms with Crippen LogP contribution in [0, 0.1) is 0 Å². The normalized spacial score (nSPS) is 8.40. The number of hydrogen-bond acceptors (Lipinski definition) is 1. The van der Waals surface area contributed by atoms with Crippen molar-refractivity contribution in [2.45, 2.75) is 26.7 Å². The van der Waals surface area contributed by atoms with Crippen molar-refractivity contribution in [1.29, 1.82) is 0 Å². The molecule has 66 valence electrons. The van der Waals surface area contributed by atoms with E-state index in [0.717, 1.165) is 0 Å². The Labute approximate surface area is 77.0 Å². The van der Waals surface area contributed by atoms with Crippen molar-refractivity contribution in [1.82, 2.24) is 4.90 Å². The Bertz CT molecular complexity index is 44.9. The Morgan fingerprint density at radius 2 is 1.20 bits per heavy atom. The van der Waals surface area contributed by atoms with Crippen LogP contribution in [0.3, 0.4) is 0 Å². The van der Waals surface area contributed by atoms with Crippen LogP contribution in [0.5, 0.6) is 0 Å². The van der Waals surface area contributed by atoms with Crippen LogP contribution in [0.4, 0.5) is 0 Å². The molecule has 0 atom stereocenters. The third-order valence-corrected chi connectivity index (χ3v) is 1.21. The van der Waals surface area contributed by atoms with Crippen LogP contribution in [-0.4, -0.2) is 25.0 Å². The van der Waals surface area contributed by atoms with Crippen LogP contribution in [0.1, 0.15) is 26.7 Å². The van der Waals surface area contributed by atoms with Crippen molar-refractivity contribution >= 4 is 24.8 Å². The first kappa shape index (κ1) is 16.9. The summed E-state index contributed by atoms with van der Waals surface area (Å²) in [4.78, 5) is 2.36. The highest BCUT2D eigenvalue weighted by atomic mass is 35.5. The minimum absolute atomic E-state index is 0. The number of nitrogens with zero attached hydrogens (tertiary/aromatic N) is 1. The molecule has 0 saturated carbocycles. The summed E-state index contributed by atoms with van der Waals surface area (Å²) >= 11 is 0. The lowest BCUT2D eigenvalue weighted by molar-refractivity contribution is 0.335. The first-order valence-electron chi connectivity index (χ1n) is 3.49. The van der Waals surface area contributed by atoms with E-state index in [4.69, 9.17) is 0 Å². The fourth-order valence-corrected chi connectivity index (χ4v) is 0.875. The molecule has 0 fully saturated rings. The van der Waals surface area contributed by atoms with Gasteiger partial charge >= 0.3 is 0 Å². The number of rotatable bonds is 4. The molecular weight excluding hydrogens is 169 g/mol. The summed E-state index contributed by atoms with van der Waals surface area (Å²) in [6.45, 7) is 6.92. The molecule has 0 N–H and O–H groups in total. The van der Waals surface area contributed by atoms with Gasteiger partial charge in [-0.15, -0.1) is 24.8 Å². The Morgan fingerprint density at radius 3 is 1.40 bits per heavy atom. The lowest BCUT2D eigenvalue weighted by atomic mass is 10.4. The van der Waals surface area contributed by atoms with Crippen LogP contribution < -0.4 is 0 Å². The van der Waals surface area contributed by atoms with Gasteiger partial charge in [-0.1, -0.05) is 13.8 Å². The molecule has 10 heavy (non-hydrogen) atoms. The SMILES string of the molecule is CCCN(C)CCC.Cl.Cl. The molecule has 0 aromatic rings. The molecular formula is C7H19Cl2N. The van der Waals surface area contributed by atoms with E-state index in [-0.39, 0.29) is 24.8 Å². The van der Waals surface area contributed by atoms with Crippen LogP contribution in [0.25, 0.3) is 0 Å². The number of halogens is 2. The molecule has 3 heteroatoms. The summed E-state index contributed by atoms with van der Waals surface area (Å²) in [7, 11) is 2.17. The molecule has 0 heterocycles. The maximum Gasteiger partial charge on any atom is -0.00244 e. The largest absolute Gasteiger partial charge is 0.306 e. The second-order valence-electron chi connectivity index (χ2n) is 2.30. The van der Waals surface area contributed by atoms with E-state index < -0.39 is 0 Å². The average Bonchev–Trinajstić information content (AvgIpc) is 1.68. The third kappa shape index (κ3) is 11.4. The van der Waals surface area contributed by atoms with Gasteiger partial charge in [-0.25, -0.2) is 0 Å². The van der Waals surface area contributed by atoms with Gasteiger partial charge in [0, 0.05) is 0 Å². The first-order valence-corrected chi connectivity index (χ1v) is 3.49. The Kier molecular flexibility index (Phi) is 20.6. The standard InChI is InChI=1S/C7H17N.2ClH/c1-4-6-8(3)7-5-2;;/h4-7H2,1-3H3;2*1H. The van der Waals surface area contributed by atoms with Gasteiger partial charge in [0.2, 0.25) is 0 Å². The summed E-state index contributed by atoms with van der Waals surface area (Å²) in [5.74, 6) is 0. The third-order valence-electron chi connectivity index (χ3n) is 1.21. The van der Waals surface area contributed by atoms with E-state index in [0.29, 0.717) is 0 Å². The smallest absolute Gasteiger partial charge is 0.00244 e. The average molecular weight is 188 g/mol. The summed E-state index contributed by atoms with van der Waals surface area (Å²) in [5.41, 5.74) is 0. The van der Waals surface area contributed by atoms with Crippen LogP contribution in [0.2, 0.25) is 0 Å². The zero-order valence-corrected chi connectivity index (χ0v) is 8.73. The zero-order valence-electron chi connectivity index (χ0n) is 7.09. The molecule has 0 aliphatic carbocycles. The second-order valence-corrected chi connectivity index (χ2v) is 2.30. The van der Waals surface area contributed by atoms with Crippen molar-refractivity contribution < 1.29 is 0 Å². The number of hydrogen-bond donors (Lipinski definition) is 0. The molecule has 0 unspecified atom stereocenters. The maximum absolute atomic E-state index is 2.36. The monoisotopic (exact) mass is 187 g/mol. The molecule has 0 aliphatic heterocycles. The summed E-state index contributed by atoms with van der Waals surface area (Å²) < 4.78 is 0. The van der Waals surface area contributed by atoms with Gasteiger partial charge in [-0.2, -0.15) is 0 Å². The zero-order chi connectivity index (χ0) is 6.41. The first-order chi connectivity index (χ1) is 3.81. The van der Waals surface area contributed by atoms with Crippen molar-refractivity contribution in [2.75, 3.05) is 20.1 Å². The molecule has 0 amide bonds. The van der Waals surface area contributed by atoms with Crippen molar-refractivity contribution in [3.8, 4) is 0 Å². The van der Waals surface area contributed by atoms with Crippen LogP contribution in [-0.2, 0) is 0 Å². The Balaban J connectivity index is -0.000000245. The Morgan fingerprint density at radius 1 is 0.900 bits per heavy atom. The minimum Gasteiger partial charge on any atom is -0.306 e. The summed E-state index contributed by atoms with van der Waals surface area (Å²) in [5, 5.41) is 0. The maximum atomic E-state index is 2.36. The van der Waals surface area contributed by atoms with E-state index >= 15 is 0 Å². The van der Waals surface area contributed by atoms with Gasteiger partial charge in [-0.05, 0) is 33.0 Å². The van der Waals surface area contributed by atoms with Crippen LogP contribution in [0.15, 0.2) is 0 Å². The lowest BCUT2D eigenvalue weighted by Crippen LogP contribution is -2.19. The van der Waals surface area contributed by atoms with Gasteiger partial charge in [0.1, 0.15) is 0 Å². The topological polar surface area (TPSA) is 3.24 Å². The summed E-state index contributed by atoms with van der Waals surface area (Å²) in [6, 6.07) is 0. The van der Waals surface area contributed by atoms with Crippen molar-refractivity contribution in [3.63, 3.8) is 0 Å². The van der Waals surface area contributed by atoms with E-state index in [1.54, 1.807) is 0 Å². The van der Waals surface area contributed by atoms with Crippen molar-refractivity contribution in [2.24, 2.45) is 0 Å². The van der Waals surface area contributed by atoms with Crippen LogP contribution >= 0.6 is 24.8 Å². The molecule has 0 rings (SSSR count).